The van der Waals surface area contributed by atoms with Gasteiger partial charge >= 0.3 is 6.72 Å². The quantitative estimate of drug-likeness (QED) is 0.440. The van der Waals surface area contributed by atoms with Crippen molar-refractivity contribution < 1.29 is 13.1 Å². The number of hydrogen-bond acceptors (Lipinski definition) is 4. The minimum atomic E-state index is -2.79. The van der Waals surface area contributed by atoms with E-state index in [2.05, 4.69) is 31.9 Å². The summed E-state index contributed by atoms with van der Waals surface area (Å²) in [7, 11) is 0. The molecule has 2 rings (SSSR count). The molecule has 0 spiro atoms. The standard InChI is InChI=1S/C10H16Br2ClO3PS/c11-7-1-3-9(5-7)14-17(18,16-13)15-10-4-2-8(12)6-10/h7-10H,1-6H2. The molecule has 2 aliphatic rings. The molecule has 0 radical (unpaired) electrons. The second kappa shape index (κ2) is 7.17. The Kier molecular flexibility index (Phi) is 6.43. The van der Waals surface area contributed by atoms with Crippen molar-refractivity contribution in [2.24, 2.45) is 0 Å². The highest BCUT2D eigenvalue weighted by Gasteiger charge is 2.35. The highest BCUT2D eigenvalue weighted by atomic mass is 79.9. The Labute approximate surface area is 135 Å². The molecular formula is C10H16Br2ClO3PS. The third kappa shape index (κ3) is 4.66. The molecule has 0 aliphatic heterocycles. The molecule has 2 fully saturated rings. The van der Waals surface area contributed by atoms with Crippen LogP contribution in [0, 0.1) is 0 Å². The smallest absolute Gasteiger partial charge is 0.304 e. The molecule has 0 N–H and O–H groups in total. The van der Waals surface area contributed by atoms with Crippen LogP contribution >= 0.6 is 50.4 Å². The Balaban J connectivity index is 1.87. The van der Waals surface area contributed by atoms with Gasteiger partial charge in [-0.15, -0.1) is 0 Å². The predicted molar refractivity (Wildman–Crippen MR) is 84.1 cm³/mol. The lowest BCUT2D eigenvalue weighted by Crippen LogP contribution is -2.13. The summed E-state index contributed by atoms with van der Waals surface area (Å²) in [5.74, 6) is 0. The number of hydrogen-bond donors (Lipinski definition) is 0. The minimum absolute atomic E-state index is 0.0973. The van der Waals surface area contributed by atoms with Crippen LogP contribution in [0.25, 0.3) is 0 Å². The Morgan fingerprint density at radius 2 is 1.39 bits per heavy atom. The van der Waals surface area contributed by atoms with E-state index in [0.29, 0.717) is 9.65 Å². The maximum atomic E-state index is 5.82. The maximum Gasteiger partial charge on any atom is 0.344 e. The fourth-order valence-electron chi connectivity index (χ4n) is 2.39. The fourth-order valence-corrected chi connectivity index (χ4v) is 5.91. The first-order chi connectivity index (χ1) is 8.50. The third-order valence-corrected chi connectivity index (χ3v) is 7.76. The zero-order valence-electron chi connectivity index (χ0n) is 9.77. The minimum Gasteiger partial charge on any atom is -0.304 e. The third-order valence-electron chi connectivity index (χ3n) is 3.28. The average molecular weight is 443 g/mol. The first-order valence-electron chi connectivity index (χ1n) is 6.06. The molecule has 0 aromatic rings. The SMILES string of the molecule is S=P(OCl)(OC1CCC(Br)C1)OC1CCC(Br)C1. The van der Waals surface area contributed by atoms with Crippen molar-refractivity contribution in [1.29, 1.82) is 0 Å². The molecule has 0 aromatic heterocycles. The number of rotatable bonds is 5. The monoisotopic (exact) mass is 440 g/mol. The molecular weight excluding hydrogens is 426 g/mol. The lowest BCUT2D eigenvalue weighted by Gasteiger charge is -2.24. The van der Waals surface area contributed by atoms with E-state index in [4.69, 9.17) is 36.8 Å². The Morgan fingerprint density at radius 1 is 0.944 bits per heavy atom. The summed E-state index contributed by atoms with van der Waals surface area (Å²) >= 11 is 18.0. The van der Waals surface area contributed by atoms with Gasteiger partial charge in [-0.2, -0.15) is 4.08 Å². The average Bonchev–Trinajstić information content (AvgIpc) is 2.88. The Morgan fingerprint density at radius 3 is 1.67 bits per heavy atom. The second-order valence-electron chi connectivity index (χ2n) is 4.79. The fraction of sp³-hybridized carbons (Fsp3) is 1.00. The van der Waals surface area contributed by atoms with Gasteiger partial charge in [0.05, 0.1) is 24.1 Å². The van der Waals surface area contributed by atoms with Crippen molar-refractivity contribution in [3.05, 3.63) is 0 Å². The van der Waals surface area contributed by atoms with Crippen LogP contribution < -0.4 is 0 Å². The van der Waals surface area contributed by atoms with Gasteiger partial charge in [0.1, 0.15) is 0 Å². The molecule has 0 aromatic carbocycles. The van der Waals surface area contributed by atoms with Gasteiger partial charge in [0.15, 0.2) is 0 Å². The molecule has 2 aliphatic carbocycles. The van der Waals surface area contributed by atoms with E-state index < -0.39 is 6.72 Å². The van der Waals surface area contributed by atoms with Crippen molar-refractivity contribution in [1.82, 2.24) is 0 Å². The molecule has 2 saturated carbocycles. The van der Waals surface area contributed by atoms with E-state index in [9.17, 15) is 0 Å². The lowest BCUT2D eigenvalue weighted by molar-refractivity contribution is 0.119. The van der Waals surface area contributed by atoms with Crippen molar-refractivity contribution in [2.75, 3.05) is 0 Å². The van der Waals surface area contributed by atoms with E-state index in [-0.39, 0.29) is 12.2 Å². The zero-order valence-corrected chi connectivity index (χ0v) is 15.4. The highest BCUT2D eigenvalue weighted by molar-refractivity contribution is 9.09. The first-order valence-corrected chi connectivity index (χ1v) is 10.8. The molecule has 3 nitrogen and oxygen atoms in total. The normalized spacial score (nSPS) is 39.9. The lowest BCUT2D eigenvalue weighted by atomic mass is 10.3. The summed E-state index contributed by atoms with van der Waals surface area (Å²) in [5, 5.41) is 0. The summed E-state index contributed by atoms with van der Waals surface area (Å²) in [4.78, 5) is 0.999. The van der Waals surface area contributed by atoms with Crippen LogP contribution in [-0.4, -0.2) is 21.9 Å². The predicted octanol–water partition coefficient (Wildman–Crippen LogP) is 5.05. The summed E-state index contributed by atoms with van der Waals surface area (Å²) in [6.45, 7) is -2.79. The van der Waals surface area contributed by atoms with Gasteiger partial charge in [-0.25, -0.2) is 0 Å². The summed E-state index contributed by atoms with van der Waals surface area (Å²) in [6.07, 6.45) is 6.21. The van der Waals surface area contributed by atoms with Gasteiger partial charge in [-0.05, 0) is 50.3 Å². The molecule has 0 bridgehead atoms. The largest absolute Gasteiger partial charge is 0.344 e. The zero-order chi connectivity index (χ0) is 13.2. The van der Waals surface area contributed by atoms with Gasteiger partial charge in [0, 0.05) is 9.65 Å². The van der Waals surface area contributed by atoms with Crippen molar-refractivity contribution in [2.45, 2.75) is 60.4 Å². The van der Waals surface area contributed by atoms with Crippen LogP contribution in [0.2, 0.25) is 0 Å². The van der Waals surface area contributed by atoms with Gasteiger partial charge in [0.25, 0.3) is 0 Å². The van der Waals surface area contributed by atoms with Crippen LogP contribution in [0.4, 0.5) is 0 Å². The number of alkyl halides is 2. The van der Waals surface area contributed by atoms with Gasteiger partial charge in [-0.3, -0.25) is 0 Å². The summed E-state index contributed by atoms with van der Waals surface area (Å²) in [5.41, 5.74) is 0. The molecule has 0 heterocycles. The molecule has 106 valence electrons. The first kappa shape index (κ1) is 16.2. The topological polar surface area (TPSA) is 27.7 Å². The van der Waals surface area contributed by atoms with Crippen LogP contribution in [0.3, 0.4) is 0 Å². The van der Waals surface area contributed by atoms with Crippen LogP contribution in [0.5, 0.6) is 0 Å². The molecule has 4 unspecified atom stereocenters. The van der Waals surface area contributed by atoms with Crippen molar-refractivity contribution in [3.63, 3.8) is 0 Å². The van der Waals surface area contributed by atoms with Crippen molar-refractivity contribution >= 4 is 62.3 Å². The summed E-state index contributed by atoms with van der Waals surface area (Å²) in [6, 6.07) is 0. The molecule has 4 atom stereocenters. The Bertz CT molecular complexity index is 310. The Hall–Kier alpha value is 1.78. The van der Waals surface area contributed by atoms with E-state index in [0.717, 1.165) is 38.5 Å². The molecule has 0 saturated heterocycles. The van der Waals surface area contributed by atoms with Gasteiger partial charge in [-0.1, -0.05) is 31.9 Å². The van der Waals surface area contributed by atoms with Gasteiger partial charge < -0.3 is 9.05 Å². The molecule has 0 amide bonds. The van der Waals surface area contributed by atoms with Crippen LogP contribution in [-0.2, 0) is 24.9 Å². The van der Waals surface area contributed by atoms with E-state index in [1.807, 2.05) is 0 Å². The van der Waals surface area contributed by atoms with Crippen LogP contribution in [0.1, 0.15) is 38.5 Å². The van der Waals surface area contributed by atoms with E-state index in [1.165, 1.54) is 0 Å². The molecule has 18 heavy (non-hydrogen) atoms. The molecule has 8 heteroatoms. The second-order valence-corrected chi connectivity index (χ2v) is 10.6. The maximum absolute atomic E-state index is 5.82. The van der Waals surface area contributed by atoms with Gasteiger partial charge in [0.2, 0.25) is 0 Å². The van der Waals surface area contributed by atoms with E-state index >= 15 is 0 Å². The summed E-state index contributed by atoms with van der Waals surface area (Å²) < 4.78 is 16.5. The highest BCUT2D eigenvalue weighted by Crippen LogP contribution is 2.56. The van der Waals surface area contributed by atoms with Crippen LogP contribution in [0.15, 0.2) is 0 Å². The van der Waals surface area contributed by atoms with Crippen molar-refractivity contribution in [3.8, 4) is 0 Å². The number of halogens is 3. The van der Waals surface area contributed by atoms with E-state index in [1.54, 1.807) is 0 Å².